The van der Waals surface area contributed by atoms with Gasteiger partial charge in [-0.3, -0.25) is 0 Å². The Morgan fingerprint density at radius 3 is 2.72 bits per heavy atom. The number of aryl methyl sites for hydroxylation is 1. The summed E-state index contributed by atoms with van der Waals surface area (Å²) in [6.07, 6.45) is 3.30. The molecule has 0 aliphatic heterocycles. The second kappa shape index (κ2) is 10.4. The average molecular weight is 338 g/mol. The van der Waals surface area contributed by atoms with E-state index in [1.807, 2.05) is 30.3 Å². The molecule has 0 heterocycles. The molecule has 4 nitrogen and oxygen atoms in total. The van der Waals surface area contributed by atoms with Crippen molar-refractivity contribution in [1.82, 2.24) is 5.32 Å². The Labute approximate surface area is 150 Å². The molecule has 2 aromatic carbocycles. The fraction of sp³-hybridized carbons (Fsp3) is 0.381. The quantitative estimate of drug-likeness (QED) is 0.638. The first kappa shape index (κ1) is 18.8. The van der Waals surface area contributed by atoms with Crippen LogP contribution in [0, 0.1) is 11.3 Å². The lowest BCUT2D eigenvalue weighted by Crippen LogP contribution is -2.25. The minimum absolute atomic E-state index is 0.310. The van der Waals surface area contributed by atoms with E-state index in [0.717, 1.165) is 31.6 Å². The van der Waals surface area contributed by atoms with Gasteiger partial charge in [0.05, 0.1) is 12.7 Å². The van der Waals surface area contributed by atoms with Gasteiger partial charge in [0.25, 0.3) is 0 Å². The van der Waals surface area contributed by atoms with Crippen molar-refractivity contribution in [2.45, 2.75) is 45.2 Å². The van der Waals surface area contributed by atoms with Crippen molar-refractivity contribution in [2.75, 3.05) is 6.61 Å². The third-order valence-electron chi connectivity index (χ3n) is 4.06. The monoisotopic (exact) mass is 338 g/mol. The number of hydrogen-bond acceptors (Lipinski definition) is 4. The van der Waals surface area contributed by atoms with Crippen LogP contribution in [0.25, 0.3) is 0 Å². The Hall–Kier alpha value is -2.51. The van der Waals surface area contributed by atoms with Crippen LogP contribution in [0.4, 0.5) is 0 Å². The zero-order chi connectivity index (χ0) is 17.9. The van der Waals surface area contributed by atoms with Crippen molar-refractivity contribution >= 4 is 0 Å². The lowest BCUT2D eigenvalue weighted by Gasteiger charge is -2.14. The number of nitrogens with one attached hydrogen (secondary N) is 1. The van der Waals surface area contributed by atoms with Crippen molar-refractivity contribution < 1.29 is 9.84 Å². The van der Waals surface area contributed by atoms with Crippen LogP contribution in [-0.4, -0.2) is 17.8 Å². The Morgan fingerprint density at radius 2 is 1.96 bits per heavy atom. The summed E-state index contributed by atoms with van der Waals surface area (Å²) < 4.78 is 5.67. The average Bonchev–Trinajstić information content (AvgIpc) is 2.63. The molecule has 25 heavy (non-hydrogen) atoms. The number of phenolic OH excluding ortho intramolecular Hbond substituents is 1. The van der Waals surface area contributed by atoms with Crippen molar-refractivity contribution in [3.8, 4) is 17.6 Å². The topological polar surface area (TPSA) is 65.3 Å². The van der Waals surface area contributed by atoms with Gasteiger partial charge in [-0.1, -0.05) is 24.3 Å². The number of unbranched alkanes of at least 4 members (excludes halogenated alkanes) is 1. The summed E-state index contributed by atoms with van der Waals surface area (Å²) in [6, 6.07) is 18.0. The van der Waals surface area contributed by atoms with Gasteiger partial charge in [-0.05, 0) is 61.6 Å². The summed E-state index contributed by atoms with van der Waals surface area (Å²) in [5.74, 6) is 1.17. The van der Waals surface area contributed by atoms with E-state index in [2.05, 4.69) is 24.4 Å². The second-order valence-electron chi connectivity index (χ2n) is 6.24. The molecule has 0 saturated carbocycles. The summed E-state index contributed by atoms with van der Waals surface area (Å²) in [5, 5.41) is 21.4. The van der Waals surface area contributed by atoms with E-state index < -0.39 is 0 Å². The van der Waals surface area contributed by atoms with E-state index >= 15 is 0 Å². The van der Waals surface area contributed by atoms with Gasteiger partial charge in [0, 0.05) is 19.0 Å². The smallest absolute Gasteiger partial charge is 0.119 e. The number of nitriles is 1. The second-order valence-corrected chi connectivity index (χ2v) is 6.24. The third kappa shape index (κ3) is 7.28. The molecule has 0 aliphatic rings. The fourth-order valence-corrected chi connectivity index (χ4v) is 2.53. The van der Waals surface area contributed by atoms with Crippen molar-refractivity contribution in [3.63, 3.8) is 0 Å². The highest BCUT2D eigenvalue weighted by molar-refractivity contribution is 5.28. The summed E-state index contributed by atoms with van der Waals surface area (Å²) in [6.45, 7) is 3.56. The Balaban J connectivity index is 1.72. The zero-order valence-corrected chi connectivity index (χ0v) is 14.7. The maximum absolute atomic E-state index is 9.31. The van der Waals surface area contributed by atoms with E-state index in [4.69, 9.17) is 10.00 Å². The minimum atomic E-state index is 0.310. The molecule has 0 spiro atoms. The van der Waals surface area contributed by atoms with Gasteiger partial charge < -0.3 is 15.2 Å². The van der Waals surface area contributed by atoms with Gasteiger partial charge in [0.15, 0.2) is 0 Å². The van der Waals surface area contributed by atoms with E-state index in [9.17, 15) is 5.11 Å². The highest BCUT2D eigenvalue weighted by atomic mass is 16.5. The molecule has 2 rings (SSSR count). The number of ether oxygens (including phenoxy) is 1. The minimum Gasteiger partial charge on any atom is -0.508 e. The molecule has 4 heteroatoms. The number of nitrogens with zero attached hydrogens (tertiary/aromatic N) is 1. The van der Waals surface area contributed by atoms with Gasteiger partial charge in [-0.15, -0.1) is 0 Å². The predicted molar refractivity (Wildman–Crippen MR) is 99.5 cm³/mol. The molecular weight excluding hydrogens is 312 g/mol. The first-order valence-corrected chi connectivity index (χ1v) is 8.77. The number of benzene rings is 2. The normalized spacial score (nSPS) is 11.7. The molecule has 0 saturated heterocycles. The van der Waals surface area contributed by atoms with Crippen LogP contribution in [-0.2, 0) is 13.0 Å². The molecular formula is C21H26N2O2. The van der Waals surface area contributed by atoms with E-state index in [1.165, 1.54) is 11.1 Å². The first-order valence-electron chi connectivity index (χ1n) is 8.77. The molecule has 132 valence electrons. The fourth-order valence-electron chi connectivity index (χ4n) is 2.53. The van der Waals surface area contributed by atoms with Gasteiger partial charge in [0.2, 0.25) is 0 Å². The van der Waals surface area contributed by atoms with Gasteiger partial charge in [0.1, 0.15) is 11.5 Å². The standard InChI is InChI=1S/C21H26N2O2/c1-17(7-8-18-9-11-20(24)12-10-18)23-16-19-5-4-6-21(15-19)25-14-3-2-13-22/h4-6,9-12,15,17,23-24H,2-3,7-8,14,16H2,1H3. The molecule has 0 bridgehead atoms. The summed E-state index contributed by atoms with van der Waals surface area (Å²) in [7, 11) is 0. The maximum atomic E-state index is 9.31. The Morgan fingerprint density at radius 1 is 1.16 bits per heavy atom. The molecule has 0 radical (unpaired) electrons. The van der Waals surface area contributed by atoms with Crippen LogP contribution in [0.5, 0.6) is 11.5 Å². The lowest BCUT2D eigenvalue weighted by molar-refractivity contribution is 0.312. The molecule has 0 fully saturated rings. The Kier molecular flexibility index (Phi) is 7.81. The van der Waals surface area contributed by atoms with Crippen molar-refractivity contribution in [3.05, 3.63) is 59.7 Å². The number of rotatable bonds is 10. The summed E-state index contributed by atoms with van der Waals surface area (Å²) in [5.41, 5.74) is 2.42. The first-order chi connectivity index (χ1) is 12.2. The predicted octanol–water partition coefficient (Wildman–Crippen LogP) is 4.19. The summed E-state index contributed by atoms with van der Waals surface area (Å²) >= 11 is 0. The molecule has 0 amide bonds. The largest absolute Gasteiger partial charge is 0.508 e. The zero-order valence-electron chi connectivity index (χ0n) is 14.7. The highest BCUT2D eigenvalue weighted by Gasteiger charge is 2.04. The molecule has 0 aliphatic carbocycles. The summed E-state index contributed by atoms with van der Waals surface area (Å²) in [4.78, 5) is 0. The number of aromatic hydroxyl groups is 1. The van der Waals surface area contributed by atoms with Crippen LogP contribution < -0.4 is 10.1 Å². The molecule has 1 atom stereocenters. The van der Waals surface area contributed by atoms with Crippen LogP contribution >= 0.6 is 0 Å². The van der Waals surface area contributed by atoms with Gasteiger partial charge in [-0.25, -0.2) is 0 Å². The van der Waals surface area contributed by atoms with Crippen LogP contribution in [0.15, 0.2) is 48.5 Å². The molecule has 1 unspecified atom stereocenters. The number of phenols is 1. The number of hydrogen-bond donors (Lipinski definition) is 2. The molecule has 0 aromatic heterocycles. The lowest BCUT2D eigenvalue weighted by atomic mass is 10.1. The highest BCUT2D eigenvalue weighted by Crippen LogP contribution is 2.15. The van der Waals surface area contributed by atoms with Gasteiger partial charge in [-0.2, -0.15) is 5.26 Å². The maximum Gasteiger partial charge on any atom is 0.119 e. The third-order valence-corrected chi connectivity index (χ3v) is 4.06. The molecule has 2 aromatic rings. The Bertz CT molecular complexity index is 677. The van der Waals surface area contributed by atoms with E-state index in [-0.39, 0.29) is 0 Å². The van der Waals surface area contributed by atoms with E-state index in [1.54, 1.807) is 12.1 Å². The molecule has 2 N–H and O–H groups in total. The van der Waals surface area contributed by atoms with Crippen LogP contribution in [0.2, 0.25) is 0 Å². The van der Waals surface area contributed by atoms with Crippen molar-refractivity contribution in [2.24, 2.45) is 0 Å². The van der Waals surface area contributed by atoms with Gasteiger partial charge >= 0.3 is 0 Å². The van der Waals surface area contributed by atoms with E-state index in [0.29, 0.717) is 24.8 Å². The van der Waals surface area contributed by atoms with Crippen LogP contribution in [0.1, 0.15) is 37.3 Å². The van der Waals surface area contributed by atoms with Crippen LogP contribution in [0.3, 0.4) is 0 Å². The SMILES string of the molecule is CC(CCc1ccc(O)cc1)NCc1cccc(OCCCC#N)c1. The van der Waals surface area contributed by atoms with Crippen molar-refractivity contribution in [1.29, 1.82) is 5.26 Å².